The van der Waals surface area contributed by atoms with Crippen LogP contribution in [0, 0.1) is 0 Å². The van der Waals surface area contributed by atoms with Crippen molar-refractivity contribution >= 4 is 5.91 Å². The first-order valence-electron chi connectivity index (χ1n) is 7.68. The van der Waals surface area contributed by atoms with Gasteiger partial charge < -0.3 is 14.4 Å². The van der Waals surface area contributed by atoms with Crippen molar-refractivity contribution in [2.45, 2.75) is 25.8 Å². The molecule has 0 aliphatic carbocycles. The van der Waals surface area contributed by atoms with E-state index in [1.807, 2.05) is 69.4 Å². The summed E-state index contributed by atoms with van der Waals surface area (Å²) in [5.41, 5.74) is 1.48. The van der Waals surface area contributed by atoms with Crippen molar-refractivity contribution in [3.05, 3.63) is 59.7 Å². The monoisotopic (exact) mass is 311 g/mol. The van der Waals surface area contributed by atoms with Crippen LogP contribution < -0.4 is 9.47 Å². The molecule has 1 aliphatic rings. The zero-order valence-corrected chi connectivity index (χ0v) is 13.7. The van der Waals surface area contributed by atoms with E-state index in [-0.39, 0.29) is 12.7 Å². The van der Waals surface area contributed by atoms with Gasteiger partial charge in [-0.15, -0.1) is 0 Å². The Bertz CT molecular complexity index is 710. The fraction of sp³-hybridized carbons (Fsp3) is 0.316. The summed E-state index contributed by atoms with van der Waals surface area (Å²) >= 11 is 0. The Labute approximate surface area is 136 Å². The van der Waals surface area contributed by atoms with Crippen LogP contribution in [0.4, 0.5) is 0 Å². The van der Waals surface area contributed by atoms with E-state index in [0.29, 0.717) is 6.54 Å². The molecule has 120 valence electrons. The Morgan fingerprint density at radius 1 is 1.09 bits per heavy atom. The Morgan fingerprint density at radius 2 is 1.78 bits per heavy atom. The van der Waals surface area contributed by atoms with E-state index in [1.165, 1.54) is 0 Å². The van der Waals surface area contributed by atoms with E-state index < -0.39 is 5.41 Å². The summed E-state index contributed by atoms with van der Waals surface area (Å²) in [4.78, 5) is 14.6. The molecule has 0 saturated heterocycles. The number of hydrogen-bond donors (Lipinski definition) is 0. The predicted molar refractivity (Wildman–Crippen MR) is 88.5 cm³/mol. The molecule has 0 spiro atoms. The molecule has 0 unspecified atom stereocenters. The van der Waals surface area contributed by atoms with E-state index in [2.05, 4.69) is 0 Å². The minimum atomic E-state index is -0.563. The number of amides is 1. The molecule has 1 heterocycles. The van der Waals surface area contributed by atoms with Gasteiger partial charge in [-0.05, 0) is 37.1 Å². The second-order valence-corrected chi connectivity index (χ2v) is 6.34. The lowest BCUT2D eigenvalue weighted by molar-refractivity contribution is -0.135. The maximum atomic E-state index is 12.9. The van der Waals surface area contributed by atoms with Gasteiger partial charge in [0.25, 0.3) is 0 Å². The Kier molecular flexibility index (Phi) is 3.99. The van der Waals surface area contributed by atoms with E-state index in [9.17, 15) is 4.79 Å². The van der Waals surface area contributed by atoms with Gasteiger partial charge >= 0.3 is 0 Å². The number of likely N-dealkylation sites (N-methyl/N-ethyl adjacent to an activating group) is 1. The van der Waals surface area contributed by atoms with E-state index in [4.69, 9.17) is 9.47 Å². The average Bonchev–Trinajstić information content (AvgIpc) is 3.02. The highest BCUT2D eigenvalue weighted by molar-refractivity contribution is 5.87. The van der Waals surface area contributed by atoms with Crippen LogP contribution in [0.25, 0.3) is 0 Å². The van der Waals surface area contributed by atoms with Crippen molar-refractivity contribution < 1.29 is 14.3 Å². The molecule has 0 saturated carbocycles. The van der Waals surface area contributed by atoms with Crippen molar-refractivity contribution in [1.29, 1.82) is 0 Å². The van der Waals surface area contributed by atoms with Crippen LogP contribution in [0.2, 0.25) is 0 Å². The standard InChI is InChI=1S/C19H21NO3/c1-19(2,15-7-5-4-6-8-15)18(21)20(3)12-14-9-10-16-17(11-14)23-13-22-16/h4-11H,12-13H2,1-3H3. The van der Waals surface area contributed by atoms with Gasteiger partial charge in [0.05, 0.1) is 5.41 Å². The minimum absolute atomic E-state index is 0.0846. The van der Waals surface area contributed by atoms with Crippen LogP contribution in [-0.2, 0) is 16.8 Å². The molecule has 2 aromatic carbocycles. The molecule has 4 nitrogen and oxygen atoms in total. The molecule has 3 rings (SSSR count). The topological polar surface area (TPSA) is 38.8 Å². The highest BCUT2D eigenvalue weighted by Gasteiger charge is 2.32. The normalized spacial score (nSPS) is 13.0. The fourth-order valence-electron chi connectivity index (χ4n) is 2.84. The van der Waals surface area contributed by atoms with Gasteiger partial charge in [0.2, 0.25) is 12.7 Å². The first-order valence-corrected chi connectivity index (χ1v) is 7.68. The lowest BCUT2D eigenvalue weighted by Gasteiger charge is -2.30. The molecule has 1 aliphatic heterocycles. The molecule has 1 amide bonds. The van der Waals surface area contributed by atoms with Gasteiger partial charge in [-0.25, -0.2) is 0 Å². The summed E-state index contributed by atoms with van der Waals surface area (Å²) in [5, 5.41) is 0. The van der Waals surface area contributed by atoms with E-state index >= 15 is 0 Å². The predicted octanol–water partition coefficient (Wildman–Crippen LogP) is 3.35. The Hall–Kier alpha value is -2.49. The number of hydrogen-bond acceptors (Lipinski definition) is 3. The van der Waals surface area contributed by atoms with Crippen LogP contribution in [0.15, 0.2) is 48.5 Å². The minimum Gasteiger partial charge on any atom is -0.454 e. The van der Waals surface area contributed by atoms with Crippen molar-refractivity contribution in [3.63, 3.8) is 0 Å². The number of carbonyl (C=O) groups excluding carboxylic acids is 1. The molecule has 0 bridgehead atoms. The zero-order chi connectivity index (χ0) is 16.4. The maximum Gasteiger partial charge on any atom is 0.232 e. The number of fused-ring (bicyclic) bond motifs is 1. The summed E-state index contributed by atoms with van der Waals surface area (Å²) in [6.07, 6.45) is 0. The molecule has 23 heavy (non-hydrogen) atoms. The summed E-state index contributed by atoms with van der Waals surface area (Å²) in [5.74, 6) is 1.58. The number of nitrogens with zero attached hydrogens (tertiary/aromatic N) is 1. The van der Waals surface area contributed by atoms with Gasteiger partial charge in [-0.3, -0.25) is 4.79 Å². The fourth-order valence-corrected chi connectivity index (χ4v) is 2.84. The molecular weight excluding hydrogens is 290 g/mol. The van der Waals surface area contributed by atoms with Gasteiger partial charge in [0.15, 0.2) is 11.5 Å². The second kappa shape index (κ2) is 5.95. The number of rotatable bonds is 4. The maximum absolute atomic E-state index is 12.9. The van der Waals surface area contributed by atoms with E-state index in [0.717, 1.165) is 22.6 Å². The van der Waals surface area contributed by atoms with Crippen LogP contribution in [-0.4, -0.2) is 24.6 Å². The molecule has 4 heteroatoms. The van der Waals surface area contributed by atoms with Gasteiger partial charge in [0.1, 0.15) is 0 Å². The zero-order valence-electron chi connectivity index (χ0n) is 13.7. The van der Waals surface area contributed by atoms with Crippen LogP contribution in [0.3, 0.4) is 0 Å². The van der Waals surface area contributed by atoms with Crippen LogP contribution in [0.5, 0.6) is 11.5 Å². The van der Waals surface area contributed by atoms with Crippen molar-refractivity contribution in [2.24, 2.45) is 0 Å². The summed E-state index contributed by atoms with van der Waals surface area (Å²) in [7, 11) is 1.83. The van der Waals surface area contributed by atoms with E-state index in [1.54, 1.807) is 4.90 Å². The highest BCUT2D eigenvalue weighted by atomic mass is 16.7. The Morgan fingerprint density at radius 3 is 2.52 bits per heavy atom. The highest BCUT2D eigenvalue weighted by Crippen LogP contribution is 2.33. The molecule has 0 aromatic heterocycles. The molecule has 2 aromatic rings. The number of carbonyl (C=O) groups is 1. The van der Waals surface area contributed by atoms with Crippen molar-refractivity contribution in [1.82, 2.24) is 4.90 Å². The van der Waals surface area contributed by atoms with Crippen molar-refractivity contribution in [3.8, 4) is 11.5 Å². The lowest BCUT2D eigenvalue weighted by Crippen LogP contribution is -2.40. The molecule has 0 atom stereocenters. The first-order chi connectivity index (χ1) is 11.0. The third kappa shape index (κ3) is 3.02. The van der Waals surface area contributed by atoms with Gasteiger partial charge in [0, 0.05) is 13.6 Å². The molecule has 0 N–H and O–H groups in total. The van der Waals surface area contributed by atoms with Crippen LogP contribution in [0.1, 0.15) is 25.0 Å². The van der Waals surface area contributed by atoms with Crippen LogP contribution >= 0.6 is 0 Å². The molecule has 0 radical (unpaired) electrons. The largest absolute Gasteiger partial charge is 0.454 e. The first kappa shape index (κ1) is 15.4. The Balaban J connectivity index is 1.75. The smallest absolute Gasteiger partial charge is 0.232 e. The third-order valence-corrected chi connectivity index (χ3v) is 4.23. The van der Waals surface area contributed by atoms with Gasteiger partial charge in [-0.1, -0.05) is 36.4 Å². The molecular formula is C19H21NO3. The quantitative estimate of drug-likeness (QED) is 0.869. The lowest BCUT2D eigenvalue weighted by atomic mass is 9.83. The number of ether oxygens (including phenoxy) is 2. The number of benzene rings is 2. The van der Waals surface area contributed by atoms with Gasteiger partial charge in [-0.2, -0.15) is 0 Å². The van der Waals surface area contributed by atoms with Crippen molar-refractivity contribution in [2.75, 3.05) is 13.8 Å². The summed E-state index contributed by atoms with van der Waals surface area (Å²) < 4.78 is 10.7. The third-order valence-electron chi connectivity index (χ3n) is 4.23. The second-order valence-electron chi connectivity index (χ2n) is 6.34. The summed E-state index contributed by atoms with van der Waals surface area (Å²) in [6.45, 7) is 4.71. The average molecular weight is 311 g/mol. The molecule has 0 fully saturated rings. The SMILES string of the molecule is CN(Cc1ccc2c(c1)OCO2)C(=O)C(C)(C)c1ccccc1. The summed E-state index contributed by atoms with van der Waals surface area (Å²) in [6, 6.07) is 15.6.